The Morgan fingerprint density at radius 2 is 1.43 bits per heavy atom. The third kappa shape index (κ3) is 3.02. The summed E-state index contributed by atoms with van der Waals surface area (Å²) in [6.07, 6.45) is 1.05. The first-order chi connectivity index (χ1) is 13.1. The molecule has 2 aromatic rings. The molecule has 0 radical (unpaired) electrons. The lowest BCUT2D eigenvalue weighted by atomic mass is 9.70. The van der Waals surface area contributed by atoms with Gasteiger partial charge in [0.2, 0.25) is 0 Å². The predicted molar refractivity (Wildman–Crippen MR) is 118 cm³/mol. The molecule has 1 aliphatic carbocycles. The Morgan fingerprint density at radius 1 is 0.821 bits per heavy atom. The van der Waals surface area contributed by atoms with Gasteiger partial charge in [-0.1, -0.05) is 69.3 Å². The number of hydrazine groups is 2. The summed E-state index contributed by atoms with van der Waals surface area (Å²) in [5.41, 5.74) is 11.8. The summed E-state index contributed by atoms with van der Waals surface area (Å²) in [6.45, 7) is 13.9. The Balaban J connectivity index is 2.09. The SMILES string of the molecule is CN1NN(C(C)(C)C)C2=C1c1ccccc1CC(C(C)(C)C)c1ccccc12. The molecular weight excluding hydrogens is 342 g/mol. The molecule has 1 aliphatic heterocycles. The molecule has 28 heavy (non-hydrogen) atoms. The predicted octanol–water partition coefficient (Wildman–Crippen LogP) is 5.66. The average Bonchev–Trinajstić information content (AvgIpc) is 2.94. The van der Waals surface area contributed by atoms with Crippen LogP contribution in [-0.4, -0.2) is 22.6 Å². The molecule has 0 amide bonds. The Morgan fingerprint density at radius 3 is 2.07 bits per heavy atom. The molecule has 3 heteroatoms. The van der Waals surface area contributed by atoms with Crippen LogP contribution in [0.15, 0.2) is 48.5 Å². The first-order valence-corrected chi connectivity index (χ1v) is 10.3. The van der Waals surface area contributed by atoms with Gasteiger partial charge in [0.25, 0.3) is 0 Å². The van der Waals surface area contributed by atoms with Crippen LogP contribution in [0.5, 0.6) is 0 Å². The number of nitrogens with zero attached hydrogens (tertiary/aromatic N) is 2. The van der Waals surface area contributed by atoms with Crippen molar-refractivity contribution < 1.29 is 0 Å². The highest BCUT2D eigenvalue weighted by molar-refractivity contribution is 5.93. The summed E-state index contributed by atoms with van der Waals surface area (Å²) in [7, 11) is 2.13. The van der Waals surface area contributed by atoms with Crippen LogP contribution in [0.1, 0.15) is 69.7 Å². The first-order valence-electron chi connectivity index (χ1n) is 10.3. The van der Waals surface area contributed by atoms with E-state index in [4.69, 9.17) is 0 Å². The maximum atomic E-state index is 3.62. The molecule has 2 aliphatic rings. The van der Waals surface area contributed by atoms with Crippen LogP contribution >= 0.6 is 0 Å². The number of hydrogen-bond donors (Lipinski definition) is 1. The quantitative estimate of drug-likeness (QED) is 0.640. The lowest BCUT2D eigenvalue weighted by Crippen LogP contribution is -2.49. The van der Waals surface area contributed by atoms with Gasteiger partial charge < -0.3 is 0 Å². The largest absolute Gasteiger partial charge is 0.291 e. The molecule has 0 fully saturated rings. The minimum Gasteiger partial charge on any atom is -0.291 e. The van der Waals surface area contributed by atoms with E-state index >= 15 is 0 Å². The first kappa shape index (κ1) is 19.1. The fraction of sp³-hybridized carbons (Fsp3) is 0.440. The second kappa shape index (κ2) is 6.38. The van der Waals surface area contributed by atoms with Crippen molar-refractivity contribution in [3.8, 4) is 0 Å². The molecule has 1 N–H and O–H groups in total. The monoisotopic (exact) mass is 375 g/mol. The second-order valence-electron chi connectivity index (χ2n) is 10.2. The number of rotatable bonds is 0. The fourth-order valence-electron chi connectivity index (χ4n) is 4.60. The maximum absolute atomic E-state index is 3.62. The van der Waals surface area contributed by atoms with E-state index in [9.17, 15) is 0 Å². The van der Waals surface area contributed by atoms with Gasteiger partial charge in [-0.25, -0.2) is 0 Å². The third-order valence-electron chi connectivity index (χ3n) is 6.04. The normalized spacial score (nSPS) is 19.8. The highest BCUT2D eigenvalue weighted by Crippen LogP contribution is 2.48. The lowest BCUT2D eigenvalue weighted by molar-refractivity contribution is 0.0878. The standard InChI is InChI=1S/C25H33N3/c1-24(2,3)21-16-17-12-8-9-13-18(17)22-23(20-15-11-10-14-19(20)21)28(25(4,5)6)26-27(22)7/h8-15,21,26H,16H2,1-7H3. The highest BCUT2D eigenvalue weighted by Gasteiger charge is 2.40. The van der Waals surface area contributed by atoms with Crippen LogP contribution in [0.3, 0.4) is 0 Å². The summed E-state index contributed by atoms with van der Waals surface area (Å²) in [6, 6.07) is 17.9. The Bertz CT molecular complexity index is 927. The Labute approximate surface area is 170 Å². The molecule has 0 saturated heterocycles. The van der Waals surface area contributed by atoms with Crippen molar-refractivity contribution in [3.63, 3.8) is 0 Å². The Kier molecular flexibility index (Phi) is 4.35. The van der Waals surface area contributed by atoms with Gasteiger partial charge >= 0.3 is 0 Å². The van der Waals surface area contributed by atoms with Crippen LogP contribution in [-0.2, 0) is 6.42 Å². The molecular formula is C25H33N3. The van der Waals surface area contributed by atoms with Crippen molar-refractivity contribution in [2.45, 2.75) is 59.4 Å². The van der Waals surface area contributed by atoms with Gasteiger partial charge in [0.15, 0.2) is 0 Å². The second-order valence-corrected chi connectivity index (χ2v) is 10.2. The zero-order valence-electron chi connectivity index (χ0n) is 18.3. The van der Waals surface area contributed by atoms with E-state index < -0.39 is 0 Å². The van der Waals surface area contributed by atoms with E-state index in [0.717, 1.165) is 6.42 Å². The molecule has 1 heterocycles. The lowest BCUT2D eigenvalue weighted by Gasteiger charge is -2.38. The van der Waals surface area contributed by atoms with E-state index in [-0.39, 0.29) is 11.0 Å². The van der Waals surface area contributed by atoms with Crippen molar-refractivity contribution in [1.82, 2.24) is 15.6 Å². The Hall–Kier alpha value is -2.26. The van der Waals surface area contributed by atoms with Crippen molar-refractivity contribution in [2.75, 3.05) is 7.05 Å². The summed E-state index contributed by atoms with van der Waals surface area (Å²) < 4.78 is 0. The molecule has 148 valence electrons. The highest BCUT2D eigenvalue weighted by atomic mass is 15.8. The van der Waals surface area contributed by atoms with Crippen LogP contribution in [0, 0.1) is 5.41 Å². The van der Waals surface area contributed by atoms with Gasteiger partial charge in [0.05, 0.1) is 11.4 Å². The van der Waals surface area contributed by atoms with Crippen molar-refractivity contribution in [1.29, 1.82) is 0 Å². The summed E-state index contributed by atoms with van der Waals surface area (Å²) >= 11 is 0. The zero-order chi connectivity index (χ0) is 20.3. The summed E-state index contributed by atoms with van der Waals surface area (Å²) in [5, 5.41) is 4.52. The molecule has 0 spiro atoms. The molecule has 2 aromatic carbocycles. The molecule has 0 bridgehead atoms. The smallest absolute Gasteiger partial charge is 0.0873 e. The average molecular weight is 376 g/mol. The van der Waals surface area contributed by atoms with Crippen molar-refractivity contribution in [2.24, 2.45) is 5.41 Å². The van der Waals surface area contributed by atoms with Gasteiger partial charge in [-0.15, -0.1) is 5.53 Å². The van der Waals surface area contributed by atoms with Gasteiger partial charge in [-0.2, -0.15) is 0 Å². The molecule has 4 rings (SSSR count). The zero-order valence-corrected chi connectivity index (χ0v) is 18.3. The van der Waals surface area contributed by atoms with E-state index in [1.807, 2.05) is 0 Å². The van der Waals surface area contributed by atoms with Crippen LogP contribution < -0.4 is 5.53 Å². The van der Waals surface area contributed by atoms with E-state index in [0.29, 0.717) is 5.92 Å². The van der Waals surface area contributed by atoms with Crippen LogP contribution in [0.4, 0.5) is 0 Å². The van der Waals surface area contributed by atoms with E-state index in [2.05, 4.69) is 113 Å². The maximum Gasteiger partial charge on any atom is 0.0873 e. The summed E-state index contributed by atoms with van der Waals surface area (Å²) in [4.78, 5) is 0. The minimum absolute atomic E-state index is 0.0518. The summed E-state index contributed by atoms with van der Waals surface area (Å²) in [5.74, 6) is 0.451. The third-order valence-corrected chi connectivity index (χ3v) is 6.04. The van der Waals surface area contributed by atoms with E-state index in [1.54, 1.807) is 0 Å². The van der Waals surface area contributed by atoms with Crippen LogP contribution in [0.2, 0.25) is 0 Å². The molecule has 3 nitrogen and oxygen atoms in total. The molecule has 1 unspecified atom stereocenters. The fourth-order valence-corrected chi connectivity index (χ4v) is 4.60. The number of fused-ring (bicyclic) bond motifs is 4. The van der Waals surface area contributed by atoms with Gasteiger partial charge in [0.1, 0.15) is 0 Å². The number of nitrogens with one attached hydrogen (secondary N) is 1. The number of hydrogen-bond acceptors (Lipinski definition) is 3. The molecule has 0 aromatic heterocycles. The van der Waals surface area contributed by atoms with Crippen molar-refractivity contribution in [3.05, 3.63) is 70.8 Å². The van der Waals surface area contributed by atoms with Gasteiger partial charge in [-0.3, -0.25) is 10.0 Å². The van der Waals surface area contributed by atoms with E-state index in [1.165, 1.54) is 33.6 Å². The molecule has 0 saturated carbocycles. The van der Waals surface area contributed by atoms with Gasteiger partial charge in [0, 0.05) is 23.7 Å². The van der Waals surface area contributed by atoms with Crippen molar-refractivity contribution >= 4 is 11.4 Å². The molecule has 1 atom stereocenters. The number of benzene rings is 2. The van der Waals surface area contributed by atoms with Crippen LogP contribution in [0.25, 0.3) is 11.4 Å². The van der Waals surface area contributed by atoms with Gasteiger partial charge in [-0.05, 0) is 49.7 Å². The minimum atomic E-state index is -0.0518. The topological polar surface area (TPSA) is 18.5 Å².